The molecule has 36 valence electrons. The maximum Gasteiger partial charge on any atom is 1.00 e. The SMILES string of the molecule is CN(C)C(=[Se])[Se-].[K+]. The molecule has 0 aliphatic carbocycles. The Balaban J connectivity index is 0. The summed E-state index contributed by atoms with van der Waals surface area (Å²) in [6.07, 6.45) is 0. The molecule has 0 aliphatic rings. The first-order chi connectivity index (χ1) is 2.64. The third-order valence-corrected chi connectivity index (χ3v) is 1.90. The van der Waals surface area contributed by atoms with Crippen LogP contribution in [0, 0.1) is 0 Å². The van der Waals surface area contributed by atoms with Gasteiger partial charge < -0.3 is 0 Å². The van der Waals surface area contributed by atoms with Crippen molar-refractivity contribution in [3.05, 3.63) is 0 Å². The quantitative estimate of drug-likeness (QED) is 0.430. The Labute approximate surface area is 103 Å². The van der Waals surface area contributed by atoms with Crippen LogP contribution >= 0.6 is 0 Å². The summed E-state index contributed by atoms with van der Waals surface area (Å²) in [4.78, 5) is 1.97. The second-order valence-corrected chi connectivity index (χ2v) is 4.09. The van der Waals surface area contributed by atoms with Crippen molar-refractivity contribution in [3.8, 4) is 0 Å². The van der Waals surface area contributed by atoms with E-state index >= 15 is 0 Å². The van der Waals surface area contributed by atoms with Crippen LogP contribution in [0.3, 0.4) is 0 Å². The van der Waals surface area contributed by atoms with Crippen LogP contribution in [0.1, 0.15) is 0 Å². The minimum atomic E-state index is 0. The monoisotopic (exact) mass is 255 g/mol. The summed E-state index contributed by atoms with van der Waals surface area (Å²) in [5.41, 5.74) is 0. The maximum absolute atomic E-state index is 2.83. The summed E-state index contributed by atoms with van der Waals surface area (Å²) in [5.74, 6) is 0. The van der Waals surface area contributed by atoms with E-state index in [-0.39, 0.29) is 51.4 Å². The molecule has 0 saturated heterocycles. The van der Waals surface area contributed by atoms with Gasteiger partial charge >= 0.3 is 105 Å². The molecule has 1 nitrogen and oxygen atoms in total. The summed E-state index contributed by atoms with van der Waals surface area (Å²) in [6.45, 7) is 0. The molecule has 0 aliphatic heterocycles. The number of hydrogen-bond acceptors (Lipinski definition) is 1. The minimum absolute atomic E-state index is 0. The summed E-state index contributed by atoms with van der Waals surface area (Å²) in [7, 11) is 3.95. The minimum Gasteiger partial charge on any atom is 1.00 e. The molecule has 4 heteroatoms. The Morgan fingerprint density at radius 2 is 1.71 bits per heavy atom. The Kier molecular flexibility index (Phi) is 11.1. The van der Waals surface area contributed by atoms with Gasteiger partial charge in [0.25, 0.3) is 0 Å². The van der Waals surface area contributed by atoms with Crippen molar-refractivity contribution >= 4 is 35.0 Å². The van der Waals surface area contributed by atoms with Gasteiger partial charge in [-0.3, -0.25) is 0 Å². The molecule has 0 saturated carbocycles. The van der Waals surface area contributed by atoms with Crippen LogP contribution in [0.5, 0.6) is 0 Å². The third-order valence-electron chi connectivity index (χ3n) is 0.365. The molecule has 0 unspecified atom stereocenters. The van der Waals surface area contributed by atoms with Crippen molar-refractivity contribution in [2.75, 3.05) is 14.1 Å². The van der Waals surface area contributed by atoms with Gasteiger partial charge in [-0.2, -0.15) is 0 Å². The van der Waals surface area contributed by atoms with Gasteiger partial charge in [-0.05, 0) is 0 Å². The van der Waals surface area contributed by atoms with Gasteiger partial charge in [-0.25, -0.2) is 0 Å². The first kappa shape index (κ1) is 12.1. The second kappa shape index (κ2) is 6.47. The first-order valence-electron chi connectivity index (χ1n) is 1.53. The van der Waals surface area contributed by atoms with E-state index in [0.717, 1.165) is 3.44 Å². The zero-order valence-corrected chi connectivity index (χ0v) is 11.3. The standard InChI is InChI=1S/C3H7NSe2.K/c1-4(2)3(5)6;/h1-2H3,(H,5,6);/q;+1/p-1. The van der Waals surface area contributed by atoms with Crippen LogP contribution in [-0.2, 0) is 0 Å². The molecular formula is C3H6KNSe2. The molecule has 0 aromatic rings. The van der Waals surface area contributed by atoms with Crippen LogP contribution in [0.2, 0.25) is 0 Å². The molecule has 0 spiro atoms. The number of nitrogens with zero attached hydrogens (tertiary/aromatic N) is 1. The van der Waals surface area contributed by atoms with Gasteiger partial charge in [0.15, 0.2) is 0 Å². The van der Waals surface area contributed by atoms with Gasteiger partial charge in [-0.1, -0.05) is 0 Å². The molecule has 0 aromatic carbocycles. The smallest absolute Gasteiger partial charge is 1.00 e. The van der Waals surface area contributed by atoms with E-state index < -0.39 is 0 Å². The number of rotatable bonds is 1. The molecule has 0 N–H and O–H groups in total. The zero-order valence-electron chi connectivity index (χ0n) is 4.76. The zero-order chi connectivity index (χ0) is 5.15. The fraction of sp³-hybridized carbons (Fsp3) is 0.667. The Morgan fingerprint density at radius 3 is 1.71 bits per heavy atom. The fourth-order valence-electron chi connectivity index (χ4n) is 0. The normalized spacial score (nSPS) is 6.57. The first-order valence-corrected chi connectivity index (χ1v) is 3.24. The van der Waals surface area contributed by atoms with Crippen LogP contribution < -0.4 is 51.4 Å². The summed E-state index contributed by atoms with van der Waals surface area (Å²) in [6, 6.07) is 0. The van der Waals surface area contributed by atoms with E-state index in [1.54, 1.807) is 0 Å². The van der Waals surface area contributed by atoms with E-state index in [1.807, 2.05) is 19.0 Å². The summed E-state index contributed by atoms with van der Waals surface area (Å²) in [5, 5.41) is 0. The molecule has 0 bridgehead atoms. The van der Waals surface area contributed by atoms with Crippen molar-refractivity contribution in [1.82, 2.24) is 4.90 Å². The van der Waals surface area contributed by atoms with Gasteiger partial charge in [0.05, 0.1) is 0 Å². The summed E-state index contributed by atoms with van der Waals surface area (Å²) >= 11 is 5.65. The molecule has 0 atom stereocenters. The summed E-state index contributed by atoms with van der Waals surface area (Å²) < 4.78 is 1.09. The average Bonchev–Trinajstić information content (AvgIpc) is 1.36. The predicted octanol–water partition coefficient (Wildman–Crippen LogP) is -4.02. The largest absolute Gasteiger partial charge is 1.00 e. The molecule has 0 radical (unpaired) electrons. The van der Waals surface area contributed by atoms with E-state index in [9.17, 15) is 0 Å². The van der Waals surface area contributed by atoms with Crippen molar-refractivity contribution in [2.45, 2.75) is 0 Å². The Bertz CT molecular complexity index is 64.0. The van der Waals surface area contributed by atoms with Gasteiger partial charge in [-0.15, -0.1) is 0 Å². The van der Waals surface area contributed by atoms with E-state index in [4.69, 9.17) is 0 Å². The van der Waals surface area contributed by atoms with Crippen LogP contribution in [0.25, 0.3) is 0 Å². The topological polar surface area (TPSA) is 3.24 Å². The van der Waals surface area contributed by atoms with Crippen molar-refractivity contribution in [2.24, 2.45) is 0 Å². The molecule has 0 aromatic heterocycles. The molecular weight excluding hydrogens is 247 g/mol. The van der Waals surface area contributed by atoms with Gasteiger partial charge in [0, 0.05) is 0 Å². The average molecular weight is 253 g/mol. The van der Waals surface area contributed by atoms with Crippen molar-refractivity contribution in [1.29, 1.82) is 0 Å². The Hall–Kier alpha value is 2.35. The molecule has 7 heavy (non-hydrogen) atoms. The van der Waals surface area contributed by atoms with Gasteiger partial charge in [0.1, 0.15) is 0 Å². The maximum atomic E-state index is 2.83. The van der Waals surface area contributed by atoms with E-state index in [2.05, 4.69) is 31.6 Å². The second-order valence-electron chi connectivity index (χ2n) is 1.16. The molecule has 0 heterocycles. The van der Waals surface area contributed by atoms with Crippen LogP contribution in [0.15, 0.2) is 0 Å². The van der Waals surface area contributed by atoms with Gasteiger partial charge in [0.2, 0.25) is 0 Å². The third kappa shape index (κ3) is 8.35. The van der Waals surface area contributed by atoms with E-state index in [0.29, 0.717) is 0 Å². The van der Waals surface area contributed by atoms with Crippen molar-refractivity contribution < 1.29 is 51.4 Å². The molecule has 0 rings (SSSR count). The van der Waals surface area contributed by atoms with Crippen LogP contribution in [-0.4, -0.2) is 54.0 Å². The number of hydrogen-bond donors (Lipinski definition) is 0. The molecule has 0 amide bonds. The Morgan fingerprint density at radius 1 is 1.57 bits per heavy atom. The molecule has 0 fully saturated rings. The fourth-order valence-corrected chi connectivity index (χ4v) is 0. The van der Waals surface area contributed by atoms with Crippen molar-refractivity contribution in [3.63, 3.8) is 0 Å². The van der Waals surface area contributed by atoms with E-state index in [1.165, 1.54) is 0 Å². The van der Waals surface area contributed by atoms with Crippen LogP contribution in [0.4, 0.5) is 0 Å². The predicted molar refractivity (Wildman–Crippen MR) is 30.2 cm³/mol.